The summed E-state index contributed by atoms with van der Waals surface area (Å²) < 4.78 is 12.0. The fourth-order valence-electron chi connectivity index (χ4n) is 3.87. The van der Waals surface area contributed by atoms with Gasteiger partial charge in [0.15, 0.2) is 5.76 Å². The lowest BCUT2D eigenvalue weighted by Gasteiger charge is -2.30. The van der Waals surface area contributed by atoms with Crippen molar-refractivity contribution in [3.05, 3.63) is 92.4 Å². The van der Waals surface area contributed by atoms with E-state index in [9.17, 15) is 4.79 Å². The Morgan fingerprint density at radius 2 is 2.00 bits per heavy atom. The van der Waals surface area contributed by atoms with Crippen LogP contribution in [-0.4, -0.2) is 22.4 Å². The molecule has 0 bridgehead atoms. The largest absolute Gasteiger partial charge is 0.477 e. The molecule has 2 aliphatic heterocycles. The molecule has 2 aromatic carbocycles. The van der Waals surface area contributed by atoms with Gasteiger partial charge in [0.2, 0.25) is 5.78 Å². The Morgan fingerprint density at radius 1 is 1.13 bits per heavy atom. The molecule has 7 heteroatoms. The number of allylic oxidation sites excluding steroid dienone is 1. The summed E-state index contributed by atoms with van der Waals surface area (Å²) in [7, 11) is 0. The Kier molecular flexibility index (Phi) is 5.18. The highest BCUT2D eigenvalue weighted by molar-refractivity contribution is 6.42. The average Bonchev–Trinajstić information content (AvgIpc) is 3.07. The fourth-order valence-corrected chi connectivity index (χ4v) is 4.18. The van der Waals surface area contributed by atoms with Crippen LogP contribution in [0.5, 0.6) is 11.5 Å². The monoisotopic (exact) mass is 452 g/mol. The molecule has 5 rings (SSSR count). The number of carbonyl (C=O) groups excluding carboxylic acids is 1. The van der Waals surface area contributed by atoms with E-state index in [-0.39, 0.29) is 11.5 Å². The molecule has 0 N–H and O–H groups in total. The van der Waals surface area contributed by atoms with Crippen LogP contribution >= 0.6 is 23.2 Å². The van der Waals surface area contributed by atoms with Gasteiger partial charge in [0.25, 0.3) is 0 Å². The third-order valence-electron chi connectivity index (χ3n) is 5.36. The minimum absolute atomic E-state index is 0.158. The Balaban J connectivity index is 1.43. The maximum atomic E-state index is 13.0. The fraction of sp³-hybridized carbons (Fsp3) is 0.167. The van der Waals surface area contributed by atoms with Crippen LogP contribution in [0.15, 0.2) is 54.4 Å². The zero-order chi connectivity index (χ0) is 21.5. The minimum Gasteiger partial charge on any atom is -0.477 e. The highest BCUT2D eigenvalue weighted by Gasteiger charge is 2.33. The zero-order valence-electron chi connectivity index (χ0n) is 16.7. The summed E-state index contributed by atoms with van der Waals surface area (Å²) in [6.45, 7) is 3.70. The maximum absolute atomic E-state index is 13.0. The number of pyridine rings is 1. The van der Waals surface area contributed by atoms with Gasteiger partial charge < -0.3 is 9.47 Å². The van der Waals surface area contributed by atoms with Crippen LogP contribution in [0.4, 0.5) is 0 Å². The van der Waals surface area contributed by atoms with Gasteiger partial charge >= 0.3 is 0 Å². The van der Waals surface area contributed by atoms with E-state index >= 15 is 0 Å². The van der Waals surface area contributed by atoms with E-state index in [1.54, 1.807) is 30.5 Å². The van der Waals surface area contributed by atoms with Gasteiger partial charge in [0.05, 0.1) is 21.3 Å². The molecule has 0 amide bonds. The van der Waals surface area contributed by atoms with E-state index < -0.39 is 0 Å². The first-order chi connectivity index (χ1) is 15.0. The van der Waals surface area contributed by atoms with Gasteiger partial charge in [-0.3, -0.25) is 14.7 Å². The van der Waals surface area contributed by atoms with E-state index in [2.05, 4.69) is 9.88 Å². The Morgan fingerprint density at radius 3 is 2.77 bits per heavy atom. The molecule has 2 aliphatic rings. The molecule has 0 radical (unpaired) electrons. The number of ether oxygens (including phenoxy) is 2. The van der Waals surface area contributed by atoms with Crippen LogP contribution in [-0.2, 0) is 13.1 Å². The van der Waals surface area contributed by atoms with Gasteiger partial charge in [0.1, 0.15) is 18.2 Å². The number of carbonyl (C=O) groups is 1. The topological polar surface area (TPSA) is 51.7 Å². The summed E-state index contributed by atoms with van der Waals surface area (Å²) in [6, 6.07) is 12.9. The number of fused-ring (bicyclic) bond motifs is 2. The SMILES string of the molecule is Cc1c2c(cc3c1O/C(=C\c1ccc(Cl)c(Cl)c1)C3=O)CN(Cc1ccccn1)CO2. The summed E-state index contributed by atoms with van der Waals surface area (Å²) in [4.78, 5) is 19.6. The van der Waals surface area contributed by atoms with E-state index in [1.165, 1.54) is 0 Å². The van der Waals surface area contributed by atoms with Crippen molar-refractivity contribution in [2.75, 3.05) is 6.73 Å². The Labute approximate surface area is 189 Å². The molecule has 31 heavy (non-hydrogen) atoms. The normalized spacial score (nSPS) is 16.6. The molecule has 156 valence electrons. The highest BCUT2D eigenvalue weighted by atomic mass is 35.5. The summed E-state index contributed by atoms with van der Waals surface area (Å²) in [6.07, 6.45) is 3.46. The average molecular weight is 453 g/mol. The molecule has 0 saturated heterocycles. The number of rotatable bonds is 3. The zero-order valence-corrected chi connectivity index (χ0v) is 18.2. The molecular weight excluding hydrogens is 435 g/mol. The van der Waals surface area contributed by atoms with E-state index in [1.807, 2.05) is 31.2 Å². The third kappa shape index (κ3) is 3.81. The predicted molar refractivity (Wildman–Crippen MR) is 120 cm³/mol. The molecule has 0 unspecified atom stereocenters. The Bertz CT molecular complexity index is 1230. The van der Waals surface area contributed by atoms with Crippen molar-refractivity contribution in [2.45, 2.75) is 20.0 Å². The number of hydrogen-bond donors (Lipinski definition) is 0. The van der Waals surface area contributed by atoms with Gasteiger partial charge in [-0.15, -0.1) is 0 Å². The summed E-state index contributed by atoms with van der Waals surface area (Å²) >= 11 is 12.1. The number of Topliss-reactive ketones (excluding diaryl/α,β-unsaturated/α-hetero) is 1. The number of nitrogens with zero attached hydrogens (tertiary/aromatic N) is 2. The van der Waals surface area contributed by atoms with Crippen molar-refractivity contribution in [3.8, 4) is 11.5 Å². The van der Waals surface area contributed by atoms with Crippen molar-refractivity contribution in [1.82, 2.24) is 9.88 Å². The number of aromatic nitrogens is 1. The summed E-state index contributed by atoms with van der Waals surface area (Å²) in [5, 5.41) is 0.883. The van der Waals surface area contributed by atoms with Gasteiger partial charge in [-0.25, -0.2) is 0 Å². The third-order valence-corrected chi connectivity index (χ3v) is 6.09. The maximum Gasteiger partial charge on any atom is 0.231 e. The second-order valence-electron chi connectivity index (χ2n) is 7.56. The molecule has 0 saturated carbocycles. The van der Waals surface area contributed by atoms with Gasteiger partial charge in [-0.05, 0) is 48.9 Å². The number of ketones is 1. The minimum atomic E-state index is -0.158. The lowest BCUT2D eigenvalue weighted by atomic mass is 10.00. The smallest absolute Gasteiger partial charge is 0.231 e. The van der Waals surface area contributed by atoms with Crippen molar-refractivity contribution >= 4 is 35.1 Å². The first-order valence-corrected chi connectivity index (χ1v) is 10.6. The number of benzene rings is 2. The molecule has 0 spiro atoms. The van der Waals surface area contributed by atoms with Crippen LogP contribution in [0.2, 0.25) is 10.0 Å². The second-order valence-corrected chi connectivity index (χ2v) is 8.38. The summed E-state index contributed by atoms with van der Waals surface area (Å²) in [5.41, 5.74) is 4.05. The predicted octanol–water partition coefficient (Wildman–Crippen LogP) is 5.67. The summed E-state index contributed by atoms with van der Waals surface area (Å²) in [5.74, 6) is 1.42. The molecule has 0 atom stereocenters. The van der Waals surface area contributed by atoms with Crippen LogP contribution < -0.4 is 9.47 Å². The van der Waals surface area contributed by atoms with Gasteiger partial charge in [0, 0.05) is 30.4 Å². The van der Waals surface area contributed by atoms with Crippen molar-refractivity contribution in [3.63, 3.8) is 0 Å². The van der Waals surface area contributed by atoms with Crippen molar-refractivity contribution in [1.29, 1.82) is 0 Å². The molecule has 3 heterocycles. The first kappa shape index (κ1) is 20.1. The first-order valence-electron chi connectivity index (χ1n) is 9.80. The number of halogens is 2. The van der Waals surface area contributed by atoms with Crippen LogP contribution in [0.3, 0.4) is 0 Å². The van der Waals surface area contributed by atoms with Gasteiger partial charge in [-0.2, -0.15) is 0 Å². The van der Waals surface area contributed by atoms with E-state index in [0.29, 0.717) is 41.2 Å². The molecular formula is C24H18Cl2N2O3. The molecule has 1 aromatic heterocycles. The number of hydrogen-bond acceptors (Lipinski definition) is 5. The van der Waals surface area contributed by atoms with Crippen molar-refractivity contribution in [2.24, 2.45) is 0 Å². The quantitative estimate of drug-likeness (QED) is 0.479. The van der Waals surface area contributed by atoms with Crippen LogP contribution in [0.1, 0.15) is 32.7 Å². The lowest BCUT2D eigenvalue weighted by molar-refractivity contribution is 0.0865. The second kappa shape index (κ2) is 8.00. The molecule has 3 aromatic rings. The van der Waals surface area contributed by atoms with E-state index in [0.717, 1.165) is 28.1 Å². The Hall–Kier alpha value is -2.86. The van der Waals surface area contributed by atoms with Gasteiger partial charge in [-0.1, -0.05) is 35.3 Å². The van der Waals surface area contributed by atoms with Crippen LogP contribution in [0.25, 0.3) is 6.08 Å². The standard InChI is InChI=1S/C24H18Cl2N2O3/c1-14-23-16(11-28(13-30-23)12-17-4-2-3-7-27-17)10-18-22(29)21(31-24(14)18)9-15-5-6-19(25)20(26)8-15/h2-10H,11-13H2,1H3/b21-9-. The van der Waals surface area contributed by atoms with E-state index in [4.69, 9.17) is 32.7 Å². The van der Waals surface area contributed by atoms with Crippen LogP contribution in [0, 0.1) is 6.92 Å². The molecule has 0 aliphatic carbocycles. The molecule has 5 nitrogen and oxygen atoms in total. The lowest BCUT2D eigenvalue weighted by Crippen LogP contribution is -2.32. The van der Waals surface area contributed by atoms with Crippen molar-refractivity contribution < 1.29 is 14.3 Å². The highest BCUT2D eigenvalue weighted by Crippen LogP contribution is 2.43. The molecule has 0 fully saturated rings.